The number of rotatable bonds is 3. The lowest BCUT2D eigenvalue weighted by atomic mass is 9.90. The van der Waals surface area contributed by atoms with Crippen molar-refractivity contribution in [2.75, 3.05) is 45.8 Å². The van der Waals surface area contributed by atoms with E-state index in [1.807, 2.05) is 0 Å². The number of hydrogen-bond donors (Lipinski definition) is 0. The molecule has 0 saturated carbocycles. The molecule has 0 radical (unpaired) electrons. The van der Waals surface area contributed by atoms with E-state index in [2.05, 4.69) is 56.2 Å². The average molecular weight is 326 g/mol. The van der Waals surface area contributed by atoms with Gasteiger partial charge in [0, 0.05) is 37.3 Å². The predicted molar refractivity (Wildman–Crippen MR) is 103 cm³/mol. The van der Waals surface area contributed by atoms with E-state index in [9.17, 15) is 0 Å². The quantitative estimate of drug-likeness (QED) is 0.778. The monoisotopic (exact) mass is 325 g/mol. The Bertz CT molecular complexity index is 290. The first-order valence-corrected chi connectivity index (χ1v) is 9.39. The lowest BCUT2D eigenvalue weighted by Gasteiger charge is -2.43. The van der Waals surface area contributed by atoms with Crippen LogP contribution in [0.15, 0.2) is 0 Å². The van der Waals surface area contributed by atoms with Crippen molar-refractivity contribution in [3.05, 3.63) is 0 Å². The third kappa shape index (κ3) is 6.36. The normalized spacial score (nSPS) is 23.7. The van der Waals surface area contributed by atoms with Gasteiger partial charge in [0.1, 0.15) is 0 Å². The number of nitrogens with zero attached hydrogens (tertiary/aromatic N) is 3. The van der Waals surface area contributed by atoms with Crippen molar-refractivity contribution in [1.82, 2.24) is 14.7 Å². The van der Waals surface area contributed by atoms with Gasteiger partial charge in [0.05, 0.1) is 0 Å². The third-order valence-corrected chi connectivity index (χ3v) is 5.74. The van der Waals surface area contributed by atoms with Crippen LogP contribution in [0.1, 0.15) is 68.2 Å². The van der Waals surface area contributed by atoms with E-state index < -0.39 is 0 Å². The average Bonchev–Trinajstić information content (AvgIpc) is 2.44. The van der Waals surface area contributed by atoms with Crippen molar-refractivity contribution < 1.29 is 0 Å². The maximum atomic E-state index is 2.69. The summed E-state index contributed by atoms with van der Waals surface area (Å²) < 4.78 is 0. The summed E-state index contributed by atoms with van der Waals surface area (Å²) in [5.41, 5.74) is 0.695. The molecule has 2 aliphatic heterocycles. The van der Waals surface area contributed by atoms with E-state index in [1.54, 1.807) is 0 Å². The van der Waals surface area contributed by atoms with Crippen LogP contribution in [0.5, 0.6) is 0 Å². The van der Waals surface area contributed by atoms with Crippen LogP contribution in [0, 0.1) is 5.92 Å². The summed E-state index contributed by atoms with van der Waals surface area (Å²) in [6, 6.07) is 0. The van der Waals surface area contributed by atoms with Crippen LogP contribution in [-0.2, 0) is 0 Å². The summed E-state index contributed by atoms with van der Waals surface area (Å²) in [6.45, 7) is 23.0. The van der Waals surface area contributed by atoms with Crippen LogP contribution in [-0.4, -0.2) is 71.6 Å². The molecule has 0 aliphatic carbocycles. The molecule has 2 saturated heterocycles. The molecule has 0 aromatic rings. The topological polar surface area (TPSA) is 9.72 Å². The SMILES string of the molecule is C.CC(C)(C)N1CCC(CCN2CCN(C(C)(C)C)CC2)CC1. The molecule has 2 rings (SSSR count). The van der Waals surface area contributed by atoms with Crippen LogP contribution in [0.3, 0.4) is 0 Å². The largest absolute Gasteiger partial charge is 0.301 e. The third-order valence-electron chi connectivity index (χ3n) is 5.74. The Kier molecular flexibility index (Phi) is 7.56. The summed E-state index contributed by atoms with van der Waals surface area (Å²) in [7, 11) is 0. The first-order chi connectivity index (χ1) is 10.2. The highest BCUT2D eigenvalue weighted by atomic mass is 15.3. The Morgan fingerprint density at radius 1 is 0.696 bits per heavy atom. The Hall–Kier alpha value is -0.120. The molecule has 3 heteroatoms. The van der Waals surface area contributed by atoms with Gasteiger partial charge in [0.15, 0.2) is 0 Å². The first kappa shape index (κ1) is 20.9. The van der Waals surface area contributed by atoms with Gasteiger partial charge < -0.3 is 4.90 Å². The molecular weight excluding hydrogens is 282 g/mol. The fourth-order valence-electron chi connectivity index (χ4n) is 3.90. The zero-order valence-electron chi connectivity index (χ0n) is 16.0. The summed E-state index contributed by atoms with van der Waals surface area (Å²) in [5, 5.41) is 0. The van der Waals surface area contributed by atoms with E-state index in [0.717, 1.165) is 5.92 Å². The lowest BCUT2D eigenvalue weighted by molar-refractivity contribution is 0.0523. The fraction of sp³-hybridized carbons (Fsp3) is 1.00. The van der Waals surface area contributed by atoms with E-state index >= 15 is 0 Å². The van der Waals surface area contributed by atoms with Crippen molar-refractivity contribution in [3.63, 3.8) is 0 Å². The summed E-state index contributed by atoms with van der Waals surface area (Å²) in [6.07, 6.45) is 4.21. The fourth-order valence-corrected chi connectivity index (χ4v) is 3.90. The molecule has 0 atom stereocenters. The Morgan fingerprint density at radius 3 is 1.57 bits per heavy atom. The molecule has 3 nitrogen and oxygen atoms in total. The highest BCUT2D eigenvalue weighted by Gasteiger charge is 2.28. The van der Waals surface area contributed by atoms with Crippen LogP contribution < -0.4 is 0 Å². The molecule has 0 bridgehead atoms. The minimum absolute atomic E-state index is 0. The second-order valence-corrected chi connectivity index (χ2v) is 9.39. The number of likely N-dealkylation sites (tertiary alicyclic amines) is 1. The molecule has 0 amide bonds. The minimum atomic E-state index is 0. The van der Waals surface area contributed by atoms with Gasteiger partial charge in [0.2, 0.25) is 0 Å². The Labute approximate surface area is 146 Å². The van der Waals surface area contributed by atoms with Crippen molar-refractivity contribution in [2.24, 2.45) is 5.92 Å². The van der Waals surface area contributed by atoms with Crippen LogP contribution >= 0.6 is 0 Å². The van der Waals surface area contributed by atoms with Crippen molar-refractivity contribution in [3.8, 4) is 0 Å². The van der Waals surface area contributed by atoms with Gasteiger partial charge in [-0.25, -0.2) is 0 Å². The molecule has 0 spiro atoms. The van der Waals surface area contributed by atoms with E-state index in [-0.39, 0.29) is 7.43 Å². The standard InChI is InChI=1S/C19H39N3.CH4/c1-18(2,3)21-11-8-17(9-12-21)7-10-20-13-15-22(16-14-20)19(4,5)6;/h17H,7-16H2,1-6H3;1H4. The van der Waals surface area contributed by atoms with Gasteiger partial charge in [-0.15, -0.1) is 0 Å². The Morgan fingerprint density at radius 2 is 1.13 bits per heavy atom. The van der Waals surface area contributed by atoms with E-state index in [1.165, 1.54) is 65.1 Å². The van der Waals surface area contributed by atoms with Gasteiger partial charge in [-0.2, -0.15) is 0 Å². The summed E-state index contributed by atoms with van der Waals surface area (Å²) in [4.78, 5) is 7.98. The summed E-state index contributed by atoms with van der Waals surface area (Å²) in [5.74, 6) is 0.958. The molecular formula is C20H43N3. The van der Waals surface area contributed by atoms with Crippen LogP contribution in [0.2, 0.25) is 0 Å². The van der Waals surface area contributed by atoms with E-state index in [4.69, 9.17) is 0 Å². The molecule has 0 aromatic carbocycles. The van der Waals surface area contributed by atoms with Gasteiger partial charge in [-0.3, -0.25) is 9.80 Å². The number of piperazine rings is 1. The summed E-state index contributed by atoms with van der Waals surface area (Å²) >= 11 is 0. The highest BCUT2D eigenvalue weighted by Crippen LogP contribution is 2.26. The molecule has 2 aliphatic rings. The number of hydrogen-bond acceptors (Lipinski definition) is 3. The highest BCUT2D eigenvalue weighted by molar-refractivity contribution is 4.84. The van der Waals surface area contributed by atoms with E-state index in [0.29, 0.717) is 11.1 Å². The van der Waals surface area contributed by atoms with Gasteiger partial charge in [-0.05, 0) is 86.4 Å². The van der Waals surface area contributed by atoms with Crippen molar-refractivity contribution >= 4 is 0 Å². The zero-order chi connectivity index (χ0) is 16.4. The van der Waals surface area contributed by atoms with Crippen molar-refractivity contribution in [1.29, 1.82) is 0 Å². The smallest absolute Gasteiger partial charge is 0.0126 e. The predicted octanol–water partition coefficient (Wildman–Crippen LogP) is 3.94. The Balaban J connectivity index is 0.00000264. The zero-order valence-corrected chi connectivity index (χ0v) is 16.0. The molecule has 0 unspecified atom stereocenters. The second kappa shape index (κ2) is 8.31. The van der Waals surface area contributed by atoms with Crippen LogP contribution in [0.4, 0.5) is 0 Å². The molecule has 0 N–H and O–H groups in total. The van der Waals surface area contributed by atoms with Crippen LogP contribution in [0.25, 0.3) is 0 Å². The maximum absolute atomic E-state index is 2.69. The molecule has 2 heterocycles. The first-order valence-electron chi connectivity index (χ1n) is 9.39. The molecule has 138 valence electrons. The molecule has 0 aromatic heterocycles. The molecule has 23 heavy (non-hydrogen) atoms. The lowest BCUT2D eigenvalue weighted by Crippen LogP contribution is -2.53. The maximum Gasteiger partial charge on any atom is 0.0126 e. The van der Waals surface area contributed by atoms with Gasteiger partial charge in [-0.1, -0.05) is 7.43 Å². The second-order valence-electron chi connectivity index (χ2n) is 9.39. The van der Waals surface area contributed by atoms with Crippen molar-refractivity contribution in [2.45, 2.75) is 79.3 Å². The molecule has 2 fully saturated rings. The number of piperidine rings is 1. The minimum Gasteiger partial charge on any atom is -0.301 e. The van der Waals surface area contributed by atoms with Gasteiger partial charge in [0.25, 0.3) is 0 Å². The van der Waals surface area contributed by atoms with Gasteiger partial charge >= 0.3 is 0 Å².